The number of carbonyl (C=O) groups excluding carboxylic acids is 1. The summed E-state index contributed by atoms with van der Waals surface area (Å²) < 4.78 is 0. The van der Waals surface area contributed by atoms with Gasteiger partial charge in [0.05, 0.1) is 11.3 Å². The molecule has 1 aromatic heterocycles. The highest BCUT2D eigenvalue weighted by Crippen LogP contribution is 2.22. The van der Waals surface area contributed by atoms with Gasteiger partial charge >= 0.3 is 6.03 Å². The second kappa shape index (κ2) is 6.45. The molecule has 2 aromatic carbocycles. The Bertz CT molecular complexity index is 895. The molecule has 0 radical (unpaired) electrons. The fraction of sp³-hybridized carbons (Fsp3) is 0. The molecular formula is C17H13N5O. The van der Waals surface area contributed by atoms with Gasteiger partial charge in [-0.3, -0.25) is 10.9 Å². The van der Waals surface area contributed by atoms with Crippen LogP contribution in [-0.2, 0) is 0 Å². The SMILES string of the molecule is N#Cc1cccnc1NNC(=O)Nc1cccc2ccccc12. The Kier molecular flexibility index (Phi) is 4.03. The minimum Gasteiger partial charge on any atom is -0.306 e. The summed E-state index contributed by atoms with van der Waals surface area (Å²) in [7, 11) is 0. The Morgan fingerprint density at radius 3 is 2.74 bits per heavy atom. The van der Waals surface area contributed by atoms with Crippen LogP contribution in [0.2, 0.25) is 0 Å². The standard InChI is InChI=1S/C17H13N5O/c18-11-13-7-4-10-19-16(13)21-22-17(23)20-15-9-3-6-12-5-1-2-8-14(12)15/h1-10H,(H,19,21)(H2,20,22,23). The van der Waals surface area contributed by atoms with Crippen molar-refractivity contribution in [1.29, 1.82) is 5.26 Å². The highest BCUT2D eigenvalue weighted by atomic mass is 16.2. The van der Waals surface area contributed by atoms with Crippen LogP contribution in [0.1, 0.15) is 5.56 Å². The van der Waals surface area contributed by atoms with Crippen LogP contribution in [0.4, 0.5) is 16.3 Å². The molecule has 0 atom stereocenters. The zero-order valence-corrected chi connectivity index (χ0v) is 12.1. The maximum atomic E-state index is 12.0. The van der Waals surface area contributed by atoms with E-state index in [1.807, 2.05) is 48.5 Å². The number of nitrogens with one attached hydrogen (secondary N) is 3. The predicted molar refractivity (Wildman–Crippen MR) is 88.7 cm³/mol. The third-order valence-electron chi connectivity index (χ3n) is 3.26. The first-order chi connectivity index (χ1) is 11.3. The van der Waals surface area contributed by atoms with Gasteiger partial charge in [0.1, 0.15) is 6.07 Å². The van der Waals surface area contributed by atoms with Gasteiger partial charge in [-0.2, -0.15) is 5.26 Å². The maximum absolute atomic E-state index is 12.0. The zero-order valence-electron chi connectivity index (χ0n) is 12.1. The Morgan fingerprint density at radius 1 is 1.04 bits per heavy atom. The van der Waals surface area contributed by atoms with Gasteiger partial charge in [-0.15, -0.1) is 0 Å². The lowest BCUT2D eigenvalue weighted by molar-refractivity contribution is 0.254. The predicted octanol–water partition coefficient (Wildman–Crippen LogP) is 3.26. The smallest absolute Gasteiger partial charge is 0.306 e. The van der Waals surface area contributed by atoms with E-state index in [0.717, 1.165) is 10.8 Å². The average Bonchev–Trinajstić information content (AvgIpc) is 2.60. The molecule has 0 fully saturated rings. The fourth-order valence-corrected chi connectivity index (χ4v) is 2.20. The van der Waals surface area contributed by atoms with Gasteiger partial charge in [-0.05, 0) is 23.6 Å². The molecule has 6 heteroatoms. The second-order valence-corrected chi connectivity index (χ2v) is 4.74. The van der Waals surface area contributed by atoms with Gasteiger partial charge < -0.3 is 5.32 Å². The van der Waals surface area contributed by atoms with E-state index in [4.69, 9.17) is 5.26 Å². The van der Waals surface area contributed by atoms with Gasteiger partial charge in [-0.1, -0.05) is 36.4 Å². The van der Waals surface area contributed by atoms with E-state index in [1.54, 1.807) is 12.1 Å². The number of carbonyl (C=O) groups is 1. The molecule has 1 heterocycles. The Labute approximate surface area is 132 Å². The second-order valence-electron chi connectivity index (χ2n) is 4.74. The first-order valence-corrected chi connectivity index (χ1v) is 6.94. The molecule has 3 N–H and O–H groups in total. The van der Waals surface area contributed by atoms with Crippen LogP contribution in [0.25, 0.3) is 10.8 Å². The molecule has 6 nitrogen and oxygen atoms in total. The van der Waals surface area contributed by atoms with E-state index < -0.39 is 6.03 Å². The Morgan fingerprint density at radius 2 is 1.87 bits per heavy atom. The number of pyridine rings is 1. The van der Waals surface area contributed by atoms with E-state index in [9.17, 15) is 4.79 Å². The van der Waals surface area contributed by atoms with Crippen molar-refractivity contribution >= 4 is 28.3 Å². The molecule has 112 valence electrons. The number of hydrogen-bond donors (Lipinski definition) is 3. The molecule has 23 heavy (non-hydrogen) atoms. The van der Waals surface area contributed by atoms with Crippen LogP contribution in [0.3, 0.4) is 0 Å². The van der Waals surface area contributed by atoms with Gasteiger partial charge in [0.15, 0.2) is 5.82 Å². The number of rotatable bonds is 3. The van der Waals surface area contributed by atoms with Crippen molar-refractivity contribution in [3.05, 3.63) is 66.4 Å². The van der Waals surface area contributed by atoms with Gasteiger partial charge in [-0.25, -0.2) is 9.78 Å². The van der Waals surface area contributed by atoms with Gasteiger partial charge in [0.25, 0.3) is 0 Å². The summed E-state index contributed by atoms with van der Waals surface area (Å²) in [4.78, 5) is 16.0. The van der Waals surface area contributed by atoms with E-state index >= 15 is 0 Å². The van der Waals surface area contributed by atoms with Crippen molar-refractivity contribution in [2.75, 3.05) is 10.7 Å². The van der Waals surface area contributed by atoms with Crippen molar-refractivity contribution in [2.45, 2.75) is 0 Å². The molecule has 3 rings (SSSR count). The van der Waals surface area contributed by atoms with Crippen LogP contribution in [0, 0.1) is 11.3 Å². The topological polar surface area (TPSA) is 89.8 Å². The van der Waals surface area contributed by atoms with Crippen molar-refractivity contribution in [2.24, 2.45) is 0 Å². The molecule has 2 amide bonds. The van der Waals surface area contributed by atoms with Crippen LogP contribution < -0.4 is 16.2 Å². The molecule has 0 aliphatic rings. The molecule has 0 saturated heterocycles. The van der Waals surface area contributed by atoms with E-state index in [-0.39, 0.29) is 0 Å². The number of benzene rings is 2. The van der Waals surface area contributed by atoms with Gasteiger partial charge in [0, 0.05) is 11.6 Å². The molecule has 0 aliphatic carbocycles. The summed E-state index contributed by atoms with van der Waals surface area (Å²) in [5, 5.41) is 13.7. The molecular weight excluding hydrogens is 290 g/mol. The fourth-order valence-electron chi connectivity index (χ4n) is 2.20. The van der Waals surface area contributed by atoms with E-state index in [0.29, 0.717) is 17.1 Å². The monoisotopic (exact) mass is 303 g/mol. The lowest BCUT2D eigenvalue weighted by Gasteiger charge is -2.11. The van der Waals surface area contributed by atoms with Crippen molar-refractivity contribution in [3.63, 3.8) is 0 Å². The number of hydrazine groups is 1. The minimum atomic E-state index is -0.448. The molecule has 0 bridgehead atoms. The summed E-state index contributed by atoms with van der Waals surface area (Å²) in [6.07, 6.45) is 1.54. The summed E-state index contributed by atoms with van der Waals surface area (Å²) in [5.74, 6) is 0.295. The third-order valence-corrected chi connectivity index (χ3v) is 3.26. The minimum absolute atomic E-state index is 0.295. The van der Waals surface area contributed by atoms with E-state index in [1.165, 1.54) is 6.20 Å². The number of nitriles is 1. The van der Waals surface area contributed by atoms with Crippen LogP contribution in [0.5, 0.6) is 0 Å². The number of amides is 2. The molecule has 0 aliphatic heterocycles. The Hall–Kier alpha value is -3.59. The summed E-state index contributed by atoms with van der Waals surface area (Å²) >= 11 is 0. The summed E-state index contributed by atoms with van der Waals surface area (Å²) in [6.45, 7) is 0. The number of aromatic nitrogens is 1. The van der Waals surface area contributed by atoms with Crippen LogP contribution in [-0.4, -0.2) is 11.0 Å². The van der Waals surface area contributed by atoms with Crippen LogP contribution >= 0.6 is 0 Å². The summed E-state index contributed by atoms with van der Waals surface area (Å²) in [5.41, 5.74) is 6.15. The molecule has 3 aromatic rings. The van der Waals surface area contributed by atoms with Crippen molar-refractivity contribution < 1.29 is 4.79 Å². The first kappa shape index (κ1) is 14.4. The van der Waals surface area contributed by atoms with Gasteiger partial charge in [0.2, 0.25) is 0 Å². The zero-order chi connectivity index (χ0) is 16.1. The third kappa shape index (κ3) is 3.19. The lowest BCUT2D eigenvalue weighted by atomic mass is 10.1. The lowest BCUT2D eigenvalue weighted by Crippen LogP contribution is -2.34. The maximum Gasteiger partial charge on any atom is 0.337 e. The first-order valence-electron chi connectivity index (χ1n) is 6.94. The number of hydrogen-bond acceptors (Lipinski definition) is 4. The Balaban J connectivity index is 1.71. The normalized spacial score (nSPS) is 9.87. The van der Waals surface area contributed by atoms with Crippen molar-refractivity contribution in [1.82, 2.24) is 10.4 Å². The largest absolute Gasteiger partial charge is 0.337 e. The van der Waals surface area contributed by atoms with E-state index in [2.05, 4.69) is 21.2 Å². The number of anilines is 2. The van der Waals surface area contributed by atoms with Crippen LogP contribution in [0.15, 0.2) is 60.8 Å². The number of nitrogens with zero attached hydrogens (tertiary/aromatic N) is 2. The molecule has 0 spiro atoms. The number of fused-ring (bicyclic) bond motifs is 1. The average molecular weight is 303 g/mol. The quantitative estimate of drug-likeness (QED) is 0.648. The highest BCUT2D eigenvalue weighted by molar-refractivity contribution is 6.01. The molecule has 0 saturated carbocycles. The molecule has 0 unspecified atom stereocenters. The van der Waals surface area contributed by atoms with Crippen molar-refractivity contribution in [3.8, 4) is 6.07 Å². The number of urea groups is 1. The summed E-state index contributed by atoms with van der Waals surface area (Å²) in [6, 6.07) is 18.3. The highest BCUT2D eigenvalue weighted by Gasteiger charge is 2.06.